The Morgan fingerprint density at radius 1 is 1.06 bits per heavy atom. The Hall–Kier alpha value is -4.03. The molecule has 4 heterocycles. The van der Waals surface area contributed by atoms with Crippen LogP contribution < -0.4 is 16.0 Å². The summed E-state index contributed by atoms with van der Waals surface area (Å²) in [4.78, 5) is 17.5. The number of nitrogens with zero attached hydrogens (tertiary/aromatic N) is 8. The van der Waals surface area contributed by atoms with Crippen LogP contribution in [0.3, 0.4) is 0 Å². The van der Waals surface area contributed by atoms with E-state index in [-0.39, 0.29) is 5.69 Å². The fraction of sp³-hybridized carbons (Fsp3) is 0.391. The molecule has 10 nitrogen and oxygen atoms in total. The summed E-state index contributed by atoms with van der Waals surface area (Å²) in [6.07, 6.45) is -2.39. The number of nitrogen functional groups attached to an aromatic ring is 1. The molecule has 1 aliphatic rings. The van der Waals surface area contributed by atoms with Crippen molar-refractivity contribution in [2.75, 3.05) is 29.0 Å². The van der Waals surface area contributed by atoms with Crippen LogP contribution >= 0.6 is 0 Å². The molecule has 13 heteroatoms. The van der Waals surface area contributed by atoms with Gasteiger partial charge in [-0.25, -0.2) is 15.0 Å². The first-order valence-corrected chi connectivity index (χ1v) is 11.5. The minimum Gasteiger partial charge on any atom is -0.399 e. The van der Waals surface area contributed by atoms with Gasteiger partial charge >= 0.3 is 6.18 Å². The van der Waals surface area contributed by atoms with Gasteiger partial charge in [0.05, 0.1) is 29.6 Å². The number of rotatable bonds is 5. The number of aromatic nitrogens is 7. The number of nitrogens with two attached hydrogens (primary N) is 1. The molecular weight excluding hydrogens is 473 g/mol. The number of benzene rings is 1. The average Bonchev–Trinajstić information content (AvgIpc) is 3.49. The van der Waals surface area contributed by atoms with Crippen LogP contribution in [0.2, 0.25) is 0 Å². The Morgan fingerprint density at radius 2 is 1.81 bits per heavy atom. The van der Waals surface area contributed by atoms with Gasteiger partial charge in [0, 0.05) is 18.8 Å². The summed E-state index contributed by atoms with van der Waals surface area (Å²) in [5, 5.41) is 16.3. The lowest BCUT2D eigenvalue weighted by molar-refractivity contribution is -0.137. The zero-order valence-corrected chi connectivity index (χ0v) is 20.0. The molecule has 1 fully saturated rings. The first kappa shape index (κ1) is 23.7. The van der Waals surface area contributed by atoms with Crippen molar-refractivity contribution in [2.45, 2.75) is 38.9 Å². The van der Waals surface area contributed by atoms with Crippen LogP contribution in [0.1, 0.15) is 42.8 Å². The molecule has 0 bridgehead atoms. The van der Waals surface area contributed by atoms with Crippen LogP contribution in [0.4, 0.5) is 30.5 Å². The summed E-state index contributed by atoms with van der Waals surface area (Å²) in [7, 11) is 1.68. The first-order chi connectivity index (χ1) is 17.1. The standard InChI is InChI=1S/C23H25F3N10/c1-12(14-8-15(23(24,25)26)10-16(27)9-14)28-19-17-11-18(21-32-34-35(3)33-21)22(36-6-4-5-7-36)31-20(17)30-13(2)29-19/h8-12H,4-7,27H2,1-3H3,(H,28,29,30,31)/t12-/m1/s1. The molecule has 188 valence electrons. The number of nitrogens with one attached hydrogen (secondary N) is 1. The topological polar surface area (TPSA) is 124 Å². The second-order valence-corrected chi connectivity index (χ2v) is 8.90. The Kier molecular flexibility index (Phi) is 5.85. The van der Waals surface area contributed by atoms with E-state index in [0.717, 1.165) is 43.9 Å². The van der Waals surface area contributed by atoms with Crippen LogP contribution in [0.15, 0.2) is 24.3 Å². The Morgan fingerprint density at radius 3 is 2.47 bits per heavy atom. The van der Waals surface area contributed by atoms with Gasteiger partial charge in [-0.2, -0.15) is 18.0 Å². The molecule has 1 saturated heterocycles. The number of fused-ring (bicyclic) bond motifs is 1. The monoisotopic (exact) mass is 498 g/mol. The molecule has 1 aromatic carbocycles. The van der Waals surface area contributed by atoms with E-state index in [1.54, 1.807) is 20.9 Å². The summed E-state index contributed by atoms with van der Waals surface area (Å²) < 4.78 is 40.0. The van der Waals surface area contributed by atoms with Crippen molar-refractivity contribution in [3.05, 3.63) is 41.2 Å². The van der Waals surface area contributed by atoms with E-state index in [1.807, 2.05) is 6.07 Å². The van der Waals surface area contributed by atoms with E-state index in [9.17, 15) is 13.2 Å². The van der Waals surface area contributed by atoms with E-state index in [0.29, 0.717) is 39.6 Å². The quantitative estimate of drug-likeness (QED) is 0.394. The third-order valence-electron chi connectivity index (χ3n) is 6.09. The minimum absolute atomic E-state index is 0.0325. The summed E-state index contributed by atoms with van der Waals surface area (Å²) in [6, 6.07) is 4.85. The lowest BCUT2D eigenvalue weighted by atomic mass is 10.0. The second kappa shape index (κ2) is 8.88. The first-order valence-electron chi connectivity index (χ1n) is 11.5. The van der Waals surface area contributed by atoms with Crippen LogP contribution in [0.5, 0.6) is 0 Å². The Balaban J connectivity index is 1.60. The van der Waals surface area contributed by atoms with Crippen LogP contribution in [-0.4, -0.2) is 48.2 Å². The Bertz CT molecular complexity index is 1430. The maximum atomic E-state index is 13.3. The summed E-state index contributed by atoms with van der Waals surface area (Å²) in [6.45, 7) is 5.20. The van der Waals surface area contributed by atoms with E-state index in [4.69, 9.17) is 10.7 Å². The minimum atomic E-state index is -4.50. The number of aryl methyl sites for hydroxylation is 2. The number of pyridine rings is 1. The number of halogens is 3. The number of anilines is 3. The third kappa shape index (κ3) is 4.60. The maximum absolute atomic E-state index is 13.3. The molecule has 0 saturated carbocycles. The molecule has 0 radical (unpaired) electrons. The number of alkyl halides is 3. The molecule has 36 heavy (non-hydrogen) atoms. The van der Waals surface area contributed by atoms with Crippen LogP contribution in [0, 0.1) is 6.92 Å². The highest BCUT2D eigenvalue weighted by molar-refractivity contribution is 5.93. The van der Waals surface area contributed by atoms with Gasteiger partial charge in [-0.1, -0.05) is 0 Å². The lowest BCUT2D eigenvalue weighted by Crippen LogP contribution is -2.20. The predicted molar refractivity (Wildman–Crippen MR) is 129 cm³/mol. The highest BCUT2D eigenvalue weighted by Gasteiger charge is 2.31. The third-order valence-corrected chi connectivity index (χ3v) is 6.09. The largest absolute Gasteiger partial charge is 0.416 e. The molecule has 3 N–H and O–H groups in total. The van der Waals surface area contributed by atoms with Gasteiger partial charge in [0.25, 0.3) is 0 Å². The Labute approximate surface area is 204 Å². The zero-order chi connectivity index (χ0) is 25.6. The molecule has 5 rings (SSSR count). The molecule has 1 atom stereocenters. The van der Waals surface area contributed by atoms with Gasteiger partial charge in [-0.3, -0.25) is 0 Å². The van der Waals surface area contributed by atoms with Gasteiger partial charge in [-0.15, -0.1) is 10.2 Å². The SMILES string of the molecule is Cc1nc(N[C@H](C)c2cc(N)cc(C(F)(F)F)c2)c2cc(-c3nnn(C)n3)c(N3CCCC3)nc2n1. The van der Waals surface area contributed by atoms with Crippen molar-refractivity contribution < 1.29 is 13.2 Å². The van der Waals surface area contributed by atoms with E-state index < -0.39 is 17.8 Å². The summed E-state index contributed by atoms with van der Waals surface area (Å²) in [5.74, 6) is 2.05. The van der Waals surface area contributed by atoms with Gasteiger partial charge in [0.1, 0.15) is 17.5 Å². The van der Waals surface area contributed by atoms with Crippen molar-refractivity contribution in [1.82, 2.24) is 35.2 Å². The second-order valence-electron chi connectivity index (χ2n) is 8.90. The highest BCUT2D eigenvalue weighted by atomic mass is 19.4. The van der Waals surface area contributed by atoms with Crippen molar-refractivity contribution >= 4 is 28.4 Å². The smallest absolute Gasteiger partial charge is 0.399 e. The van der Waals surface area contributed by atoms with Gasteiger partial charge in [0.2, 0.25) is 5.82 Å². The molecule has 0 unspecified atom stereocenters. The van der Waals surface area contributed by atoms with E-state index in [2.05, 4.69) is 35.6 Å². The molecule has 3 aromatic heterocycles. The molecular formula is C23H25F3N10. The number of hydrogen-bond acceptors (Lipinski definition) is 9. The molecule has 4 aromatic rings. The highest BCUT2D eigenvalue weighted by Crippen LogP contribution is 2.36. The fourth-order valence-corrected chi connectivity index (χ4v) is 4.37. The van der Waals surface area contributed by atoms with E-state index >= 15 is 0 Å². The molecule has 0 aliphatic carbocycles. The molecule has 1 aliphatic heterocycles. The van der Waals surface area contributed by atoms with Crippen molar-refractivity contribution in [3.63, 3.8) is 0 Å². The number of tetrazole rings is 1. The maximum Gasteiger partial charge on any atom is 0.416 e. The predicted octanol–water partition coefficient (Wildman–Crippen LogP) is 3.90. The van der Waals surface area contributed by atoms with Crippen LogP contribution in [0.25, 0.3) is 22.4 Å². The number of hydrogen-bond donors (Lipinski definition) is 2. The van der Waals surface area contributed by atoms with Gasteiger partial charge in [-0.05, 0) is 61.7 Å². The van der Waals surface area contributed by atoms with Gasteiger partial charge < -0.3 is 16.0 Å². The van der Waals surface area contributed by atoms with Crippen molar-refractivity contribution in [2.24, 2.45) is 7.05 Å². The lowest BCUT2D eigenvalue weighted by Gasteiger charge is -2.21. The zero-order valence-electron chi connectivity index (χ0n) is 20.0. The summed E-state index contributed by atoms with van der Waals surface area (Å²) >= 11 is 0. The molecule has 0 spiro atoms. The fourth-order valence-electron chi connectivity index (χ4n) is 4.37. The van der Waals surface area contributed by atoms with Crippen LogP contribution in [-0.2, 0) is 13.2 Å². The average molecular weight is 499 g/mol. The van der Waals surface area contributed by atoms with E-state index in [1.165, 1.54) is 10.9 Å². The summed E-state index contributed by atoms with van der Waals surface area (Å²) in [5.41, 5.74) is 6.54. The van der Waals surface area contributed by atoms with Gasteiger partial charge in [0.15, 0.2) is 5.65 Å². The van der Waals surface area contributed by atoms with Crippen molar-refractivity contribution in [3.8, 4) is 11.4 Å². The van der Waals surface area contributed by atoms with Crippen molar-refractivity contribution in [1.29, 1.82) is 0 Å². The normalized spacial score (nSPS) is 15.0. The molecule has 0 amide bonds.